The van der Waals surface area contributed by atoms with E-state index in [1.165, 1.54) is 11.8 Å². The van der Waals surface area contributed by atoms with Gasteiger partial charge in [-0.2, -0.15) is 27.0 Å². The van der Waals surface area contributed by atoms with Crippen molar-refractivity contribution in [1.29, 1.82) is 0 Å². The van der Waals surface area contributed by atoms with Crippen LogP contribution in [0.5, 0.6) is 0 Å². The number of amides is 1. The van der Waals surface area contributed by atoms with Gasteiger partial charge >= 0.3 is 5.97 Å². The van der Waals surface area contributed by atoms with Crippen LogP contribution in [0.25, 0.3) is 0 Å². The van der Waals surface area contributed by atoms with E-state index in [0.717, 1.165) is 0 Å². The molecule has 1 heterocycles. The van der Waals surface area contributed by atoms with E-state index in [0.29, 0.717) is 19.4 Å². The number of likely N-dealkylation sites (tertiary alicyclic amines) is 1. The Morgan fingerprint density at radius 2 is 1.83 bits per heavy atom. The zero-order valence-corrected chi connectivity index (χ0v) is 16.1. The molecule has 0 aromatic carbocycles. The highest BCUT2D eigenvalue weighted by Crippen LogP contribution is 2.32. The van der Waals surface area contributed by atoms with Crippen LogP contribution in [-0.4, -0.2) is 52.1 Å². The van der Waals surface area contributed by atoms with Crippen LogP contribution in [-0.2, 0) is 19.2 Å². The Kier molecular flexibility index (Phi) is 11.3. The molecule has 0 bridgehead atoms. The number of ketones is 2. The van der Waals surface area contributed by atoms with Crippen molar-refractivity contribution in [2.45, 2.75) is 51.5 Å². The van der Waals surface area contributed by atoms with Gasteiger partial charge in [-0.15, -0.1) is 0 Å². The summed E-state index contributed by atoms with van der Waals surface area (Å²) in [6.45, 7) is 3.39. The standard InChI is InChI=1S/C15H24N2O5.2H2S/c1-10(18)11(4-5-14(21)22)8-12(19)15(2)6-3-7-17(15)13(20)9-16;;/h11H,3-9,16H2,1-2H3,(H,21,22);2*1H2/t11-,15+;;/m1../s1. The Morgan fingerprint density at radius 1 is 1.25 bits per heavy atom. The van der Waals surface area contributed by atoms with E-state index in [2.05, 4.69) is 0 Å². The summed E-state index contributed by atoms with van der Waals surface area (Å²) in [5, 5.41) is 8.72. The number of rotatable bonds is 8. The zero-order chi connectivity index (χ0) is 16.9. The minimum Gasteiger partial charge on any atom is -0.481 e. The highest BCUT2D eigenvalue weighted by Gasteiger charge is 2.45. The fraction of sp³-hybridized carbons (Fsp3) is 0.733. The van der Waals surface area contributed by atoms with Gasteiger partial charge in [0.1, 0.15) is 5.78 Å². The van der Waals surface area contributed by atoms with Crippen molar-refractivity contribution in [2.24, 2.45) is 11.7 Å². The maximum absolute atomic E-state index is 12.6. The van der Waals surface area contributed by atoms with E-state index in [4.69, 9.17) is 10.8 Å². The summed E-state index contributed by atoms with van der Waals surface area (Å²) in [6.07, 6.45) is 1.21. The number of hydrogen-bond donors (Lipinski definition) is 2. The molecule has 0 aromatic rings. The first-order valence-corrected chi connectivity index (χ1v) is 7.48. The highest BCUT2D eigenvalue weighted by atomic mass is 32.1. The van der Waals surface area contributed by atoms with Crippen LogP contribution < -0.4 is 5.73 Å². The summed E-state index contributed by atoms with van der Waals surface area (Å²) in [4.78, 5) is 48.3. The largest absolute Gasteiger partial charge is 0.481 e. The molecule has 7 nitrogen and oxygen atoms in total. The molecular weight excluding hydrogens is 352 g/mol. The smallest absolute Gasteiger partial charge is 0.303 e. The molecule has 1 aliphatic heterocycles. The SMILES string of the molecule is CC(=O)[C@H](CCC(=O)O)CC(=O)[C@]1(C)CCCN1C(=O)CN.S.S. The van der Waals surface area contributed by atoms with Gasteiger partial charge < -0.3 is 15.7 Å². The lowest BCUT2D eigenvalue weighted by Gasteiger charge is -2.34. The van der Waals surface area contributed by atoms with Crippen LogP contribution in [0, 0.1) is 5.92 Å². The van der Waals surface area contributed by atoms with Gasteiger partial charge in [0.2, 0.25) is 5.91 Å². The minimum absolute atomic E-state index is 0. The Hall–Kier alpha value is -1.06. The third kappa shape index (κ3) is 6.10. The number of hydrogen-bond acceptors (Lipinski definition) is 5. The van der Waals surface area contributed by atoms with Crippen LogP contribution in [0.2, 0.25) is 0 Å². The first-order chi connectivity index (χ1) is 10.2. The summed E-state index contributed by atoms with van der Waals surface area (Å²) in [7, 11) is 0. The number of nitrogens with two attached hydrogens (primary N) is 1. The summed E-state index contributed by atoms with van der Waals surface area (Å²) < 4.78 is 0. The quantitative estimate of drug-likeness (QED) is 0.636. The topological polar surface area (TPSA) is 118 Å². The van der Waals surface area contributed by atoms with Gasteiger partial charge in [0.25, 0.3) is 0 Å². The second-order valence-electron chi connectivity index (χ2n) is 5.99. The van der Waals surface area contributed by atoms with Crippen LogP contribution in [0.4, 0.5) is 0 Å². The molecule has 0 unspecified atom stereocenters. The Labute approximate surface area is 156 Å². The van der Waals surface area contributed by atoms with E-state index in [9.17, 15) is 19.2 Å². The third-order valence-corrected chi connectivity index (χ3v) is 4.43. The number of carbonyl (C=O) groups is 4. The molecule has 0 aromatic heterocycles. The van der Waals surface area contributed by atoms with Gasteiger partial charge in [0, 0.05) is 25.3 Å². The molecule has 2 atom stereocenters. The molecule has 1 fully saturated rings. The Morgan fingerprint density at radius 3 is 2.29 bits per heavy atom. The number of Topliss-reactive ketones (excluding diaryl/α,β-unsaturated/α-hetero) is 2. The van der Waals surface area contributed by atoms with Crippen molar-refractivity contribution >= 4 is 50.4 Å². The molecule has 0 radical (unpaired) electrons. The summed E-state index contributed by atoms with van der Waals surface area (Å²) in [5.41, 5.74) is 4.44. The highest BCUT2D eigenvalue weighted by molar-refractivity contribution is 7.59. The van der Waals surface area contributed by atoms with Crippen LogP contribution in [0.1, 0.15) is 46.0 Å². The second kappa shape index (κ2) is 10.7. The van der Waals surface area contributed by atoms with Gasteiger partial charge in [0.15, 0.2) is 5.78 Å². The van der Waals surface area contributed by atoms with Crippen molar-refractivity contribution in [3.63, 3.8) is 0 Å². The van der Waals surface area contributed by atoms with E-state index < -0.39 is 17.4 Å². The fourth-order valence-corrected chi connectivity index (χ4v) is 2.95. The van der Waals surface area contributed by atoms with Crippen molar-refractivity contribution in [3.8, 4) is 0 Å². The van der Waals surface area contributed by atoms with Gasteiger partial charge in [-0.3, -0.25) is 19.2 Å². The summed E-state index contributed by atoms with van der Waals surface area (Å²) >= 11 is 0. The van der Waals surface area contributed by atoms with E-state index in [1.54, 1.807) is 6.92 Å². The Bertz CT molecular complexity index is 486. The first-order valence-electron chi connectivity index (χ1n) is 7.48. The molecule has 24 heavy (non-hydrogen) atoms. The number of carbonyl (C=O) groups excluding carboxylic acids is 3. The second-order valence-corrected chi connectivity index (χ2v) is 5.99. The van der Waals surface area contributed by atoms with E-state index in [-0.39, 0.29) is 70.3 Å². The molecule has 1 saturated heterocycles. The monoisotopic (exact) mass is 380 g/mol. The average molecular weight is 381 g/mol. The molecule has 140 valence electrons. The van der Waals surface area contributed by atoms with Crippen molar-refractivity contribution < 1.29 is 24.3 Å². The maximum atomic E-state index is 12.6. The number of carboxylic acids is 1. The normalized spacial score (nSPS) is 20.5. The van der Waals surface area contributed by atoms with Crippen molar-refractivity contribution in [3.05, 3.63) is 0 Å². The molecule has 0 spiro atoms. The lowest BCUT2D eigenvalue weighted by Crippen LogP contribution is -2.53. The third-order valence-electron chi connectivity index (χ3n) is 4.43. The molecule has 3 N–H and O–H groups in total. The zero-order valence-electron chi connectivity index (χ0n) is 14.1. The van der Waals surface area contributed by atoms with Crippen LogP contribution >= 0.6 is 27.0 Å². The number of nitrogens with zero attached hydrogens (tertiary/aromatic N) is 1. The van der Waals surface area contributed by atoms with E-state index in [1.807, 2.05) is 0 Å². The van der Waals surface area contributed by atoms with Crippen molar-refractivity contribution in [1.82, 2.24) is 4.90 Å². The van der Waals surface area contributed by atoms with Crippen LogP contribution in [0.15, 0.2) is 0 Å². The number of carboxylic acid groups (broad SMARTS) is 1. The van der Waals surface area contributed by atoms with Gasteiger partial charge in [-0.1, -0.05) is 0 Å². The average Bonchev–Trinajstić information content (AvgIpc) is 2.85. The van der Waals surface area contributed by atoms with Crippen molar-refractivity contribution in [2.75, 3.05) is 13.1 Å². The summed E-state index contributed by atoms with van der Waals surface area (Å²) in [5.74, 6) is -2.29. The van der Waals surface area contributed by atoms with E-state index >= 15 is 0 Å². The predicted octanol–water partition coefficient (Wildman–Crippen LogP) is 0.581. The minimum atomic E-state index is -0.995. The molecule has 1 aliphatic rings. The fourth-order valence-electron chi connectivity index (χ4n) is 2.95. The maximum Gasteiger partial charge on any atom is 0.303 e. The van der Waals surface area contributed by atoms with Gasteiger partial charge in [-0.25, -0.2) is 0 Å². The van der Waals surface area contributed by atoms with Crippen LogP contribution in [0.3, 0.4) is 0 Å². The molecule has 1 amide bonds. The molecule has 9 heteroatoms. The molecule has 0 aliphatic carbocycles. The predicted molar refractivity (Wildman–Crippen MR) is 99.8 cm³/mol. The lowest BCUT2D eigenvalue weighted by molar-refractivity contribution is -0.143. The summed E-state index contributed by atoms with van der Waals surface area (Å²) in [6, 6.07) is 0. The first kappa shape index (κ1) is 25.2. The molecule has 1 rings (SSSR count). The number of aliphatic carboxylic acids is 1. The molecule has 0 saturated carbocycles. The molecular formula is C15H28N2O5S2. The lowest BCUT2D eigenvalue weighted by atomic mass is 9.84. The van der Waals surface area contributed by atoms with Gasteiger partial charge in [0.05, 0.1) is 12.1 Å². The van der Waals surface area contributed by atoms with Gasteiger partial charge in [-0.05, 0) is 33.1 Å². The Balaban J connectivity index is 0.